The number of nitro benzene ring substituents is 1. The zero-order chi connectivity index (χ0) is 20.7. The van der Waals surface area contributed by atoms with Crippen LogP contribution in [0.5, 0.6) is 5.75 Å². The number of nitro groups is 1. The van der Waals surface area contributed by atoms with Gasteiger partial charge in [0.1, 0.15) is 11.6 Å². The Morgan fingerprint density at radius 3 is 2.61 bits per heavy atom. The molecule has 146 valence electrons. The van der Waals surface area contributed by atoms with Crippen molar-refractivity contribution in [1.29, 1.82) is 0 Å². The fourth-order valence-corrected chi connectivity index (χ4v) is 2.17. The lowest BCUT2D eigenvalue weighted by molar-refractivity contribution is -0.384. The molecule has 0 spiro atoms. The molecule has 0 radical (unpaired) electrons. The number of hydrogen-bond donors (Lipinski definition) is 1. The summed E-state index contributed by atoms with van der Waals surface area (Å²) in [4.78, 5) is 34.2. The van der Waals surface area contributed by atoms with E-state index in [0.717, 1.165) is 12.1 Å². The van der Waals surface area contributed by atoms with Crippen LogP contribution < -0.4 is 10.1 Å². The van der Waals surface area contributed by atoms with E-state index in [4.69, 9.17) is 9.47 Å². The van der Waals surface area contributed by atoms with E-state index in [1.54, 1.807) is 6.07 Å². The molecule has 0 aliphatic heterocycles. The lowest BCUT2D eigenvalue weighted by Gasteiger charge is -2.14. The van der Waals surface area contributed by atoms with Gasteiger partial charge in [0, 0.05) is 17.7 Å². The van der Waals surface area contributed by atoms with E-state index in [1.165, 1.54) is 50.4 Å². The standard InChI is InChI=1S/C19H17FN2O6/c1-12(28-18(23)10-7-13-5-3-4-6-15(13)20)19(24)21-16-9-8-14(22(25)26)11-17(16)27-2/h3-12H,1-2H3,(H,21,24)/b10-7+/t12-/m0/s1. The van der Waals surface area contributed by atoms with Crippen LogP contribution in [0.4, 0.5) is 15.8 Å². The van der Waals surface area contributed by atoms with E-state index in [2.05, 4.69) is 5.32 Å². The smallest absolute Gasteiger partial charge is 0.331 e. The van der Waals surface area contributed by atoms with Gasteiger partial charge in [-0.25, -0.2) is 9.18 Å². The van der Waals surface area contributed by atoms with E-state index < -0.39 is 28.7 Å². The van der Waals surface area contributed by atoms with Gasteiger partial charge < -0.3 is 14.8 Å². The fourth-order valence-electron chi connectivity index (χ4n) is 2.17. The molecule has 0 saturated carbocycles. The predicted octanol–water partition coefficient (Wildman–Crippen LogP) is 3.33. The number of non-ortho nitro benzene ring substituents is 1. The summed E-state index contributed by atoms with van der Waals surface area (Å²) in [7, 11) is 1.30. The number of carbonyl (C=O) groups is 2. The average molecular weight is 388 g/mol. The molecule has 0 unspecified atom stereocenters. The van der Waals surface area contributed by atoms with E-state index in [9.17, 15) is 24.1 Å². The number of methoxy groups -OCH3 is 1. The molecule has 9 heteroatoms. The maximum absolute atomic E-state index is 13.5. The quantitative estimate of drug-likeness (QED) is 0.337. The molecule has 0 heterocycles. The molecule has 2 rings (SSSR count). The Labute approximate surface area is 159 Å². The summed E-state index contributed by atoms with van der Waals surface area (Å²) in [6, 6.07) is 9.53. The van der Waals surface area contributed by atoms with Crippen LogP contribution in [0.1, 0.15) is 12.5 Å². The van der Waals surface area contributed by atoms with Gasteiger partial charge in [0.15, 0.2) is 6.10 Å². The van der Waals surface area contributed by atoms with Crippen LogP contribution in [0, 0.1) is 15.9 Å². The van der Waals surface area contributed by atoms with Crippen LogP contribution in [-0.2, 0) is 14.3 Å². The third kappa shape index (κ3) is 5.37. The Bertz CT molecular complexity index is 928. The van der Waals surface area contributed by atoms with Crippen molar-refractivity contribution in [2.45, 2.75) is 13.0 Å². The molecule has 1 atom stereocenters. The number of hydrogen-bond acceptors (Lipinski definition) is 6. The highest BCUT2D eigenvalue weighted by Crippen LogP contribution is 2.29. The van der Waals surface area contributed by atoms with Crippen LogP contribution in [0.3, 0.4) is 0 Å². The van der Waals surface area contributed by atoms with Crippen molar-refractivity contribution in [3.8, 4) is 5.75 Å². The highest BCUT2D eigenvalue weighted by atomic mass is 19.1. The molecule has 0 saturated heterocycles. The van der Waals surface area contributed by atoms with Gasteiger partial charge in [-0.1, -0.05) is 18.2 Å². The first-order valence-electron chi connectivity index (χ1n) is 8.08. The van der Waals surface area contributed by atoms with Crippen molar-refractivity contribution in [2.75, 3.05) is 12.4 Å². The SMILES string of the molecule is COc1cc([N+](=O)[O-])ccc1NC(=O)[C@H](C)OC(=O)/C=C/c1ccccc1F. The second-order valence-electron chi connectivity index (χ2n) is 5.56. The largest absolute Gasteiger partial charge is 0.494 e. The minimum atomic E-state index is -1.17. The van der Waals surface area contributed by atoms with Gasteiger partial charge >= 0.3 is 5.97 Å². The van der Waals surface area contributed by atoms with Crippen molar-refractivity contribution < 1.29 is 28.4 Å². The number of nitrogens with zero attached hydrogens (tertiary/aromatic N) is 1. The molecule has 8 nitrogen and oxygen atoms in total. The summed E-state index contributed by atoms with van der Waals surface area (Å²) in [6.07, 6.45) is 1.08. The van der Waals surface area contributed by atoms with Crippen molar-refractivity contribution in [3.63, 3.8) is 0 Å². The first-order valence-corrected chi connectivity index (χ1v) is 8.08. The number of amides is 1. The van der Waals surface area contributed by atoms with Crippen molar-refractivity contribution >= 4 is 29.3 Å². The van der Waals surface area contributed by atoms with Crippen molar-refractivity contribution in [1.82, 2.24) is 0 Å². The lowest BCUT2D eigenvalue weighted by Crippen LogP contribution is -2.29. The van der Waals surface area contributed by atoms with Gasteiger partial charge in [0.2, 0.25) is 0 Å². The average Bonchev–Trinajstić information content (AvgIpc) is 2.67. The predicted molar refractivity (Wildman–Crippen MR) is 99.3 cm³/mol. The van der Waals surface area contributed by atoms with Gasteiger partial charge in [-0.05, 0) is 25.1 Å². The van der Waals surface area contributed by atoms with Crippen LogP contribution in [-0.4, -0.2) is 30.0 Å². The first kappa shape index (κ1) is 20.6. The first-order chi connectivity index (χ1) is 13.3. The highest BCUT2D eigenvalue weighted by Gasteiger charge is 2.19. The Morgan fingerprint density at radius 1 is 1.25 bits per heavy atom. The summed E-state index contributed by atoms with van der Waals surface area (Å²) >= 11 is 0. The lowest BCUT2D eigenvalue weighted by atomic mass is 10.2. The Morgan fingerprint density at radius 2 is 1.96 bits per heavy atom. The fraction of sp³-hybridized carbons (Fsp3) is 0.158. The molecule has 2 aromatic rings. The van der Waals surface area contributed by atoms with E-state index in [1.807, 2.05) is 0 Å². The number of anilines is 1. The number of ether oxygens (including phenoxy) is 2. The minimum absolute atomic E-state index is 0.0838. The molecule has 1 N–H and O–H groups in total. The Balaban J connectivity index is 2.00. The number of esters is 1. The highest BCUT2D eigenvalue weighted by molar-refractivity contribution is 5.97. The minimum Gasteiger partial charge on any atom is -0.494 e. The molecule has 28 heavy (non-hydrogen) atoms. The topological polar surface area (TPSA) is 108 Å². The van der Waals surface area contributed by atoms with Gasteiger partial charge in [-0.2, -0.15) is 0 Å². The number of rotatable bonds is 7. The molecule has 0 fully saturated rings. The van der Waals surface area contributed by atoms with Crippen LogP contribution in [0.2, 0.25) is 0 Å². The maximum atomic E-state index is 13.5. The van der Waals surface area contributed by atoms with Crippen molar-refractivity contribution in [3.05, 3.63) is 70.0 Å². The van der Waals surface area contributed by atoms with Gasteiger partial charge in [-0.3, -0.25) is 14.9 Å². The number of halogens is 1. The third-order valence-electron chi connectivity index (χ3n) is 3.62. The second-order valence-corrected chi connectivity index (χ2v) is 5.56. The zero-order valence-electron chi connectivity index (χ0n) is 15.0. The summed E-state index contributed by atoms with van der Waals surface area (Å²) in [5.41, 5.74) is 0.183. The molecule has 0 aliphatic carbocycles. The normalized spacial score (nSPS) is 11.7. The van der Waals surface area contributed by atoms with E-state index >= 15 is 0 Å². The molecular weight excluding hydrogens is 371 g/mol. The molecule has 2 aromatic carbocycles. The van der Waals surface area contributed by atoms with Crippen LogP contribution >= 0.6 is 0 Å². The molecule has 0 aromatic heterocycles. The van der Waals surface area contributed by atoms with Gasteiger partial charge in [0.05, 0.1) is 23.8 Å². The van der Waals surface area contributed by atoms with Crippen LogP contribution in [0.15, 0.2) is 48.5 Å². The monoisotopic (exact) mass is 388 g/mol. The molecule has 0 bridgehead atoms. The Kier molecular flexibility index (Phi) is 6.80. The molecular formula is C19H17FN2O6. The van der Waals surface area contributed by atoms with E-state index in [0.29, 0.717) is 0 Å². The Hall–Kier alpha value is -3.75. The van der Waals surface area contributed by atoms with Gasteiger partial charge in [0.25, 0.3) is 11.6 Å². The molecule has 0 aliphatic rings. The number of carbonyl (C=O) groups excluding carboxylic acids is 2. The maximum Gasteiger partial charge on any atom is 0.331 e. The second kappa shape index (κ2) is 9.26. The van der Waals surface area contributed by atoms with Crippen LogP contribution in [0.25, 0.3) is 6.08 Å². The summed E-state index contributed by atoms with van der Waals surface area (Å²) in [6.45, 7) is 1.35. The van der Waals surface area contributed by atoms with Crippen molar-refractivity contribution in [2.24, 2.45) is 0 Å². The summed E-state index contributed by atoms with van der Waals surface area (Å²) in [5, 5.41) is 13.3. The van der Waals surface area contributed by atoms with Gasteiger partial charge in [-0.15, -0.1) is 0 Å². The molecule has 1 amide bonds. The summed E-state index contributed by atoms with van der Waals surface area (Å²) in [5.74, 6) is -1.91. The number of benzene rings is 2. The number of nitrogens with one attached hydrogen (secondary N) is 1. The zero-order valence-corrected chi connectivity index (χ0v) is 15.0. The third-order valence-corrected chi connectivity index (χ3v) is 3.62. The van der Waals surface area contributed by atoms with E-state index in [-0.39, 0.29) is 22.7 Å². The summed E-state index contributed by atoms with van der Waals surface area (Å²) < 4.78 is 23.5.